The van der Waals surface area contributed by atoms with E-state index in [0.29, 0.717) is 5.02 Å². The van der Waals surface area contributed by atoms with Crippen LogP contribution in [-0.2, 0) is 0 Å². The van der Waals surface area contributed by atoms with Gasteiger partial charge in [0, 0.05) is 10.0 Å². The van der Waals surface area contributed by atoms with Gasteiger partial charge in [0.25, 0.3) is 0 Å². The fourth-order valence-electron chi connectivity index (χ4n) is 2.25. The van der Waals surface area contributed by atoms with Crippen LogP contribution in [0.15, 0.2) is 34.8 Å². The summed E-state index contributed by atoms with van der Waals surface area (Å²) in [7, 11) is 0. The molecule has 2 aromatic carbocycles. The minimum Gasteiger partial charge on any atom is -0.338 e. The average Bonchev–Trinajstić information content (AvgIpc) is 2.76. The largest absolute Gasteiger partial charge is 0.338 e. The van der Waals surface area contributed by atoms with Crippen molar-refractivity contribution >= 4 is 38.6 Å². The summed E-state index contributed by atoms with van der Waals surface area (Å²) in [4.78, 5) is 8.02. The third-order valence-corrected chi connectivity index (χ3v) is 4.35. The van der Waals surface area contributed by atoms with Gasteiger partial charge < -0.3 is 4.98 Å². The van der Waals surface area contributed by atoms with Crippen LogP contribution in [0.25, 0.3) is 22.4 Å². The first-order chi connectivity index (χ1) is 9.04. The predicted octanol–water partition coefficient (Wildman–Crippen LogP) is 5.26. The number of aromatic nitrogens is 2. The Morgan fingerprint density at radius 2 is 1.95 bits per heavy atom. The van der Waals surface area contributed by atoms with E-state index in [0.717, 1.165) is 26.9 Å². The zero-order valence-electron chi connectivity index (χ0n) is 10.6. The first kappa shape index (κ1) is 12.7. The van der Waals surface area contributed by atoms with E-state index < -0.39 is 0 Å². The van der Waals surface area contributed by atoms with Crippen molar-refractivity contribution < 1.29 is 0 Å². The van der Waals surface area contributed by atoms with E-state index >= 15 is 0 Å². The summed E-state index contributed by atoms with van der Waals surface area (Å²) in [5, 5.41) is 0.686. The highest BCUT2D eigenvalue weighted by atomic mass is 79.9. The van der Waals surface area contributed by atoms with Gasteiger partial charge in [0.2, 0.25) is 0 Å². The maximum atomic E-state index is 6.13. The lowest BCUT2D eigenvalue weighted by atomic mass is 10.1. The quantitative estimate of drug-likeness (QED) is 0.645. The van der Waals surface area contributed by atoms with E-state index in [1.165, 1.54) is 11.1 Å². The van der Waals surface area contributed by atoms with Crippen LogP contribution >= 0.6 is 27.5 Å². The number of H-pyrrole nitrogens is 1. The second-order valence-corrected chi connectivity index (χ2v) is 5.95. The Bertz CT molecular complexity index is 777. The summed E-state index contributed by atoms with van der Waals surface area (Å²) < 4.78 is 0.890. The first-order valence-electron chi connectivity index (χ1n) is 5.97. The van der Waals surface area contributed by atoms with Crippen LogP contribution in [0.2, 0.25) is 5.02 Å². The third kappa shape index (κ3) is 2.28. The Morgan fingerprint density at radius 3 is 2.68 bits per heavy atom. The van der Waals surface area contributed by atoms with E-state index in [1.807, 2.05) is 18.2 Å². The Morgan fingerprint density at radius 1 is 1.16 bits per heavy atom. The molecule has 1 heterocycles. The molecule has 0 bridgehead atoms. The minimum absolute atomic E-state index is 0.686. The van der Waals surface area contributed by atoms with Crippen LogP contribution in [0.4, 0.5) is 0 Å². The van der Waals surface area contributed by atoms with Crippen LogP contribution in [-0.4, -0.2) is 9.97 Å². The Balaban J connectivity index is 2.20. The molecule has 0 aliphatic rings. The van der Waals surface area contributed by atoms with Crippen LogP contribution in [0.5, 0.6) is 0 Å². The standard InChI is InChI=1S/C15H12BrClN2/c1-8-5-9(2)14-13(6-8)18-15(19-14)10-3-4-11(16)12(17)7-10/h3-7H,1-2H3,(H,18,19). The van der Waals surface area contributed by atoms with Crippen molar-refractivity contribution in [3.63, 3.8) is 0 Å². The molecule has 0 spiro atoms. The Labute approximate surface area is 124 Å². The minimum atomic E-state index is 0.686. The van der Waals surface area contributed by atoms with Crippen LogP contribution < -0.4 is 0 Å². The van der Waals surface area contributed by atoms with Gasteiger partial charge in [0.05, 0.1) is 16.1 Å². The molecule has 3 rings (SSSR count). The van der Waals surface area contributed by atoms with Gasteiger partial charge >= 0.3 is 0 Å². The van der Waals surface area contributed by atoms with Gasteiger partial charge in [0.1, 0.15) is 5.82 Å². The highest BCUT2D eigenvalue weighted by Gasteiger charge is 2.09. The van der Waals surface area contributed by atoms with Crippen molar-refractivity contribution in [2.24, 2.45) is 0 Å². The topological polar surface area (TPSA) is 28.7 Å². The van der Waals surface area contributed by atoms with E-state index in [9.17, 15) is 0 Å². The number of halogens is 2. The molecule has 2 nitrogen and oxygen atoms in total. The number of imidazole rings is 1. The van der Waals surface area contributed by atoms with Crippen molar-refractivity contribution in [3.8, 4) is 11.4 Å². The molecule has 0 radical (unpaired) electrons. The Kier molecular flexibility index (Phi) is 3.11. The van der Waals surface area contributed by atoms with Crippen molar-refractivity contribution in [2.45, 2.75) is 13.8 Å². The van der Waals surface area contributed by atoms with Gasteiger partial charge in [-0.3, -0.25) is 0 Å². The summed E-state index contributed by atoms with van der Waals surface area (Å²) in [5.74, 6) is 0.845. The monoisotopic (exact) mass is 334 g/mol. The van der Waals surface area contributed by atoms with E-state index in [-0.39, 0.29) is 0 Å². The van der Waals surface area contributed by atoms with Gasteiger partial charge in [-0.15, -0.1) is 0 Å². The number of hydrogen-bond acceptors (Lipinski definition) is 1. The average molecular weight is 336 g/mol. The second kappa shape index (κ2) is 4.66. The summed E-state index contributed by atoms with van der Waals surface area (Å²) in [6.45, 7) is 4.16. The smallest absolute Gasteiger partial charge is 0.138 e. The molecule has 0 saturated heterocycles. The maximum Gasteiger partial charge on any atom is 0.138 e. The van der Waals surface area contributed by atoms with Gasteiger partial charge in [-0.2, -0.15) is 0 Å². The third-order valence-electron chi connectivity index (χ3n) is 3.11. The molecule has 19 heavy (non-hydrogen) atoms. The summed E-state index contributed by atoms with van der Waals surface area (Å²) >= 11 is 9.53. The molecule has 4 heteroatoms. The molecule has 0 aliphatic heterocycles. The number of nitrogens with zero attached hydrogens (tertiary/aromatic N) is 1. The number of nitrogens with one attached hydrogen (secondary N) is 1. The number of rotatable bonds is 1. The summed E-state index contributed by atoms with van der Waals surface area (Å²) in [6.07, 6.45) is 0. The molecule has 0 atom stereocenters. The lowest BCUT2D eigenvalue weighted by Crippen LogP contribution is -1.81. The highest BCUT2D eigenvalue weighted by molar-refractivity contribution is 9.10. The Hall–Kier alpha value is -1.32. The molecular formula is C15H12BrClN2. The van der Waals surface area contributed by atoms with Crippen molar-refractivity contribution in [1.82, 2.24) is 9.97 Å². The number of aryl methyl sites for hydroxylation is 2. The van der Waals surface area contributed by atoms with Gasteiger partial charge in [0.15, 0.2) is 0 Å². The fraction of sp³-hybridized carbons (Fsp3) is 0.133. The molecule has 0 aliphatic carbocycles. The van der Waals surface area contributed by atoms with E-state index in [1.54, 1.807) is 0 Å². The number of fused-ring (bicyclic) bond motifs is 1. The molecule has 0 saturated carbocycles. The summed E-state index contributed by atoms with van der Waals surface area (Å²) in [5.41, 5.74) is 5.47. The molecule has 0 fully saturated rings. The van der Waals surface area contributed by atoms with Gasteiger partial charge in [-0.05, 0) is 59.1 Å². The predicted molar refractivity (Wildman–Crippen MR) is 83.7 cm³/mol. The number of hydrogen-bond donors (Lipinski definition) is 1. The van der Waals surface area contributed by atoms with E-state index in [2.05, 4.69) is 51.9 Å². The molecular weight excluding hydrogens is 324 g/mol. The van der Waals surface area contributed by atoms with Crippen molar-refractivity contribution in [2.75, 3.05) is 0 Å². The SMILES string of the molecule is Cc1cc(C)c2nc(-c3ccc(Br)c(Cl)c3)[nH]c2c1. The molecule has 96 valence electrons. The second-order valence-electron chi connectivity index (χ2n) is 4.69. The van der Waals surface area contributed by atoms with Gasteiger partial charge in [-0.1, -0.05) is 23.7 Å². The van der Waals surface area contributed by atoms with Crippen molar-refractivity contribution in [3.05, 3.63) is 51.0 Å². The molecule has 1 aromatic heterocycles. The first-order valence-corrected chi connectivity index (χ1v) is 7.14. The van der Waals surface area contributed by atoms with Crippen LogP contribution in [0.3, 0.4) is 0 Å². The fourth-order valence-corrected chi connectivity index (χ4v) is 2.68. The lowest BCUT2D eigenvalue weighted by molar-refractivity contribution is 1.33. The lowest BCUT2D eigenvalue weighted by Gasteiger charge is -1.99. The normalized spacial score (nSPS) is 11.2. The molecule has 0 amide bonds. The zero-order valence-corrected chi connectivity index (χ0v) is 12.9. The van der Waals surface area contributed by atoms with Crippen LogP contribution in [0, 0.1) is 13.8 Å². The number of benzene rings is 2. The maximum absolute atomic E-state index is 6.13. The van der Waals surface area contributed by atoms with Crippen LogP contribution in [0.1, 0.15) is 11.1 Å². The van der Waals surface area contributed by atoms with Gasteiger partial charge in [-0.25, -0.2) is 4.98 Å². The molecule has 1 N–H and O–H groups in total. The van der Waals surface area contributed by atoms with E-state index in [4.69, 9.17) is 11.6 Å². The van der Waals surface area contributed by atoms with Crippen molar-refractivity contribution in [1.29, 1.82) is 0 Å². The zero-order chi connectivity index (χ0) is 13.6. The number of aromatic amines is 1. The molecule has 0 unspecified atom stereocenters. The molecule has 3 aromatic rings. The highest BCUT2D eigenvalue weighted by Crippen LogP contribution is 2.29. The summed E-state index contributed by atoms with van der Waals surface area (Å²) in [6, 6.07) is 10.1.